The molecule has 1 aliphatic carbocycles. The fourth-order valence-electron chi connectivity index (χ4n) is 2.64. The van der Waals surface area contributed by atoms with Crippen molar-refractivity contribution < 1.29 is 9.90 Å². The summed E-state index contributed by atoms with van der Waals surface area (Å²) in [6.45, 7) is 0.882. The maximum absolute atomic E-state index is 11.0. The number of hydrogen-bond acceptors (Lipinski definition) is 3. The molecule has 4 heteroatoms. The summed E-state index contributed by atoms with van der Waals surface area (Å²) < 4.78 is 0. The van der Waals surface area contributed by atoms with E-state index >= 15 is 0 Å². The Bertz CT molecular complexity index is 227. The summed E-state index contributed by atoms with van der Waals surface area (Å²) in [6.07, 6.45) is 8.07. The molecular formula is C11H20N2O2. The van der Waals surface area contributed by atoms with Crippen LogP contribution in [0.3, 0.4) is 0 Å². The van der Waals surface area contributed by atoms with Gasteiger partial charge in [0.25, 0.3) is 0 Å². The molecular weight excluding hydrogens is 192 g/mol. The number of rotatable bonds is 3. The zero-order chi connectivity index (χ0) is 10.7. The number of nitrogens with zero attached hydrogens (tertiary/aromatic N) is 1. The Kier molecular flexibility index (Phi) is 3.59. The Morgan fingerprint density at radius 3 is 2.53 bits per heavy atom. The molecule has 15 heavy (non-hydrogen) atoms. The van der Waals surface area contributed by atoms with E-state index in [1.165, 1.54) is 32.1 Å². The van der Waals surface area contributed by atoms with Crippen LogP contribution in [-0.2, 0) is 4.79 Å². The maximum Gasteiger partial charge on any atom is 0.322 e. The molecule has 0 aromatic heterocycles. The zero-order valence-corrected chi connectivity index (χ0v) is 9.11. The third-order valence-electron chi connectivity index (χ3n) is 3.49. The molecule has 0 bridgehead atoms. The van der Waals surface area contributed by atoms with Crippen LogP contribution in [0.4, 0.5) is 0 Å². The number of carbonyl (C=O) groups is 1. The van der Waals surface area contributed by atoms with Crippen LogP contribution in [0.5, 0.6) is 0 Å². The van der Waals surface area contributed by atoms with Crippen molar-refractivity contribution >= 4 is 5.97 Å². The van der Waals surface area contributed by atoms with Gasteiger partial charge in [0.2, 0.25) is 0 Å². The topological polar surface area (TPSA) is 52.6 Å². The smallest absolute Gasteiger partial charge is 0.322 e. The second-order valence-electron chi connectivity index (χ2n) is 4.65. The molecule has 1 saturated heterocycles. The summed E-state index contributed by atoms with van der Waals surface area (Å²) in [7, 11) is 0. The lowest BCUT2D eigenvalue weighted by atomic mass is 9.96. The van der Waals surface area contributed by atoms with E-state index in [-0.39, 0.29) is 6.04 Å². The lowest BCUT2D eigenvalue weighted by molar-refractivity contribution is -0.143. The standard InChI is InChI=1S/C11H20N2O2/c14-11(15)10-7-4-8-13(10)12-9-5-2-1-3-6-9/h9-10,12H,1-8H2,(H,14,15)/t10-/m0/s1. The molecule has 1 heterocycles. The van der Waals surface area contributed by atoms with E-state index in [4.69, 9.17) is 5.11 Å². The van der Waals surface area contributed by atoms with Crippen LogP contribution in [-0.4, -0.2) is 34.7 Å². The molecule has 2 aliphatic rings. The Hall–Kier alpha value is -0.610. The first kappa shape index (κ1) is 10.9. The molecule has 0 aromatic carbocycles. The summed E-state index contributed by atoms with van der Waals surface area (Å²) in [5.74, 6) is -0.684. The monoisotopic (exact) mass is 212 g/mol. The third-order valence-corrected chi connectivity index (χ3v) is 3.49. The average Bonchev–Trinajstić information content (AvgIpc) is 2.67. The molecule has 0 unspecified atom stereocenters. The number of nitrogens with one attached hydrogen (secondary N) is 1. The van der Waals surface area contributed by atoms with E-state index in [1.54, 1.807) is 0 Å². The highest BCUT2D eigenvalue weighted by Gasteiger charge is 2.31. The van der Waals surface area contributed by atoms with Gasteiger partial charge in [-0.3, -0.25) is 10.2 Å². The second kappa shape index (κ2) is 4.94. The van der Waals surface area contributed by atoms with E-state index < -0.39 is 5.97 Å². The number of carboxylic acid groups (broad SMARTS) is 1. The predicted octanol–water partition coefficient (Wildman–Crippen LogP) is 1.37. The van der Waals surface area contributed by atoms with Crippen LogP contribution < -0.4 is 5.43 Å². The molecule has 4 nitrogen and oxygen atoms in total. The largest absolute Gasteiger partial charge is 0.480 e. The second-order valence-corrected chi connectivity index (χ2v) is 4.65. The maximum atomic E-state index is 11.0. The van der Waals surface area contributed by atoms with E-state index in [0.29, 0.717) is 6.04 Å². The molecule has 1 saturated carbocycles. The van der Waals surface area contributed by atoms with Crippen LogP contribution in [0, 0.1) is 0 Å². The fourth-order valence-corrected chi connectivity index (χ4v) is 2.64. The molecule has 0 aromatic rings. The highest BCUT2D eigenvalue weighted by Crippen LogP contribution is 2.21. The minimum absolute atomic E-state index is 0.299. The van der Waals surface area contributed by atoms with E-state index in [9.17, 15) is 4.79 Å². The molecule has 2 rings (SSSR count). The molecule has 0 spiro atoms. The van der Waals surface area contributed by atoms with E-state index in [2.05, 4.69) is 5.43 Å². The van der Waals surface area contributed by atoms with Crippen molar-refractivity contribution in [3.05, 3.63) is 0 Å². The average molecular weight is 212 g/mol. The SMILES string of the molecule is O=C(O)[C@@H]1CCCN1NC1CCCCC1. The van der Waals surface area contributed by atoms with Crippen LogP contribution in [0.2, 0.25) is 0 Å². The van der Waals surface area contributed by atoms with Crippen molar-refractivity contribution in [2.45, 2.75) is 57.0 Å². The molecule has 86 valence electrons. The summed E-state index contributed by atoms with van der Waals surface area (Å²) in [6, 6.07) is 0.214. The van der Waals surface area contributed by atoms with Crippen molar-refractivity contribution in [3.63, 3.8) is 0 Å². The Morgan fingerprint density at radius 2 is 1.87 bits per heavy atom. The Labute approximate surface area is 90.6 Å². The summed E-state index contributed by atoms with van der Waals surface area (Å²) in [5.41, 5.74) is 3.40. The third kappa shape index (κ3) is 2.69. The normalized spacial score (nSPS) is 29.5. The lowest BCUT2D eigenvalue weighted by Gasteiger charge is -2.30. The summed E-state index contributed by atoms with van der Waals surface area (Å²) in [4.78, 5) is 11.0. The first-order chi connectivity index (χ1) is 7.27. The van der Waals surface area contributed by atoms with Gasteiger partial charge in [0.15, 0.2) is 0 Å². The van der Waals surface area contributed by atoms with Crippen molar-refractivity contribution in [3.8, 4) is 0 Å². The van der Waals surface area contributed by atoms with Crippen molar-refractivity contribution in [2.75, 3.05) is 6.54 Å². The number of aliphatic carboxylic acids is 1. The Balaban J connectivity index is 1.84. The van der Waals surface area contributed by atoms with Gasteiger partial charge in [-0.25, -0.2) is 5.01 Å². The molecule has 1 atom stereocenters. The van der Waals surface area contributed by atoms with Gasteiger partial charge in [-0.15, -0.1) is 0 Å². The van der Waals surface area contributed by atoms with Crippen molar-refractivity contribution in [1.82, 2.24) is 10.4 Å². The minimum Gasteiger partial charge on any atom is -0.480 e. The number of carboxylic acids is 1. The van der Waals surface area contributed by atoms with Gasteiger partial charge in [-0.05, 0) is 25.7 Å². The van der Waals surface area contributed by atoms with Gasteiger partial charge in [-0.1, -0.05) is 19.3 Å². The predicted molar refractivity (Wildman–Crippen MR) is 57.4 cm³/mol. The van der Waals surface area contributed by atoms with Gasteiger partial charge in [0, 0.05) is 12.6 Å². The van der Waals surface area contributed by atoms with E-state index in [1.807, 2.05) is 5.01 Å². The molecule has 1 aliphatic heterocycles. The van der Waals surface area contributed by atoms with Gasteiger partial charge in [0.1, 0.15) is 6.04 Å². The highest BCUT2D eigenvalue weighted by atomic mass is 16.4. The Morgan fingerprint density at radius 1 is 1.13 bits per heavy atom. The molecule has 2 fully saturated rings. The quantitative estimate of drug-likeness (QED) is 0.742. The lowest BCUT2D eigenvalue weighted by Crippen LogP contribution is -2.50. The zero-order valence-electron chi connectivity index (χ0n) is 9.11. The van der Waals surface area contributed by atoms with Crippen LogP contribution >= 0.6 is 0 Å². The summed E-state index contributed by atoms with van der Waals surface area (Å²) >= 11 is 0. The highest BCUT2D eigenvalue weighted by molar-refractivity contribution is 5.73. The van der Waals surface area contributed by atoms with Crippen LogP contribution in [0.1, 0.15) is 44.9 Å². The molecule has 0 amide bonds. The van der Waals surface area contributed by atoms with Crippen LogP contribution in [0.15, 0.2) is 0 Å². The van der Waals surface area contributed by atoms with E-state index in [0.717, 1.165) is 19.4 Å². The first-order valence-corrected chi connectivity index (χ1v) is 6.03. The number of hydrazine groups is 1. The fraction of sp³-hybridized carbons (Fsp3) is 0.909. The van der Waals surface area contributed by atoms with Gasteiger partial charge in [0.05, 0.1) is 0 Å². The summed E-state index contributed by atoms with van der Waals surface area (Å²) in [5, 5.41) is 11.0. The van der Waals surface area contributed by atoms with Gasteiger partial charge >= 0.3 is 5.97 Å². The van der Waals surface area contributed by atoms with Gasteiger partial charge in [-0.2, -0.15) is 0 Å². The van der Waals surface area contributed by atoms with Crippen molar-refractivity contribution in [1.29, 1.82) is 0 Å². The van der Waals surface area contributed by atoms with Crippen molar-refractivity contribution in [2.24, 2.45) is 0 Å². The first-order valence-electron chi connectivity index (χ1n) is 6.03. The van der Waals surface area contributed by atoms with Gasteiger partial charge < -0.3 is 5.11 Å². The van der Waals surface area contributed by atoms with Crippen LogP contribution in [0.25, 0.3) is 0 Å². The molecule has 2 N–H and O–H groups in total. The molecule has 0 radical (unpaired) electrons. The number of hydrogen-bond donors (Lipinski definition) is 2. The minimum atomic E-state index is -0.684.